The number of hydrogen-bond acceptors (Lipinski definition) is 4. The molecule has 1 atom stereocenters. The number of carbonyl (C=O) groups is 1. The minimum Gasteiger partial charge on any atom is -0.337 e. The van der Waals surface area contributed by atoms with Gasteiger partial charge in [0.05, 0.1) is 4.88 Å². The lowest BCUT2D eigenvalue weighted by atomic mass is 9.79. The zero-order valence-electron chi connectivity index (χ0n) is 13.9. The van der Waals surface area contributed by atoms with Crippen LogP contribution in [0.2, 0.25) is 0 Å². The van der Waals surface area contributed by atoms with E-state index in [9.17, 15) is 4.79 Å². The maximum Gasteiger partial charge on any atom is 0.263 e. The van der Waals surface area contributed by atoms with Crippen LogP contribution >= 0.6 is 11.3 Å². The van der Waals surface area contributed by atoms with Gasteiger partial charge >= 0.3 is 0 Å². The molecule has 0 aliphatic carbocycles. The van der Waals surface area contributed by atoms with Gasteiger partial charge in [-0.1, -0.05) is 12.1 Å². The highest BCUT2D eigenvalue weighted by molar-refractivity contribution is 7.12. The molecule has 4 nitrogen and oxygen atoms in total. The number of carbonyl (C=O) groups excluding carboxylic acids is 1. The SMILES string of the molecule is O=C(c1cccs1)N1CCC[C@]2(CCN(Cc3cccnc3)C2)C1. The third-order valence-electron chi connectivity index (χ3n) is 5.33. The van der Waals surface area contributed by atoms with E-state index < -0.39 is 0 Å². The van der Waals surface area contributed by atoms with E-state index in [1.165, 1.54) is 18.4 Å². The van der Waals surface area contributed by atoms with Crippen molar-refractivity contribution in [1.82, 2.24) is 14.8 Å². The lowest BCUT2D eigenvalue weighted by Gasteiger charge is -2.40. The second-order valence-electron chi connectivity index (χ2n) is 7.13. The zero-order valence-corrected chi connectivity index (χ0v) is 14.7. The number of pyridine rings is 1. The van der Waals surface area contributed by atoms with E-state index in [1.54, 1.807) is 11.3 Å². The number of likely N-dealkylation sites (tertiary alicyclic amines) is 2. The van der Waals surface area contributed by atoms with E-state index in [4.69, 9.17) is 0 Å². The minimum atomic E-state index is 0.217. The van der Waals surface area contributed by atoms with E-state index in [2.05, 4.69) is 20.9 Å². The summed E-state index contributed by atoms with van der Waals surface area (Å²) in [5.41, 5.74) is 1.56. The molecule has 0 aromatic carbocycles. The standard InChI is InChI=1S/C19H23N3OS/c23-18(17-5-2-11-24-17)22-9-3-6-19(15-22)7-10-21(14-19)13-16-4-1-8-20-12-16/h1-2,4-5,8,11-12H,3,6-7,9-10,13-15H2/t19-/m1/s1. The van der Waals surface area contributed by atoms with Crippen LogP contribution in [0.1, 0.15) is 34.5 Å². The summed E-state index contributed by atoms with van der Waals surface area (Å²) in [6.07, 6.45) is 7.34. The normalized spacial score (nSPS) is 24.6. The summed E-state index contributed by atoms with van der Waals surface area (Å²) in [5, 5.41) is 1.98. The van der Waals surface area contributed by atoms with E-state index in [0.29, 0.717) is 0 Å². The average molecular weight is 341 g/mol. The van der Waals surface area contributed by atoms with Crippen LogP contribution < -0.4 is 0 Å². The van der Waals surface area contributed by atoms with E-state index in [-0.39, 0.29) is 11.3 Å². The van der Waals surface area contributed by atoms with Gasteiger partial charge in [0.15, 0.2) is 0 Å². The molecule has 2 aliphatic heterocycles. The molecule has 1 amide bonds. The predicted octanol–water partition coefficient (Wildman–Crippen LogP) is 3.27. The van der Waals surface area contributed by atoms with Gasteiger partial charge in [0.25, 0.3) is 5.91 Å². The Labute approximate surface area is 147 Å². The summed E-state index contributed by atoms with van der Waals surface area (Å²) in [6, 6.07) is 8.05. The summed E-state index contributed by atoms with van der Waals surface area (Å²) in [4.78, 5) is 22.4. The molecule has 4 rings (SSSR count). The molecule has 4 heterocycles. The Balaban J connectivity index is 1.41. The van der Waals surface area contributed by atoms with Gasteiger partial charge in [0.1, 0.15) is 0 Å². The number of aromatic nitrogens is 1. The second-order valence-corrected chi connectivity index (χ2v) is 8.08. The molecular formula is C19H23N3OS. The van der Waals surface area contributed by atoms with Crippen molar-refractivity contribution in [2.45, 2.75) is 25.8 Å². The number of thiophene rings is 1. The third kappa shape index (κ3) is 3.23. The molecule has 24 heavy (non-hydrogen) atoms. The third-order valence-corrected chi connectivity index (χ3v) is 6.18. The topological polar surface area (TPSA) is 36.4 Å². The maximum atomic E-state index is 12.7. The smallest absolute Gasteiger partial charge is 0.263 e. The van der Waals surface area contributed by atoms with Gasteiger partial charge in [-0.25, -0.2) is 0 Å². The van der Waals surface area contributed by atoms with Gasteiger partial charge in [-0.15, -0.1) is 11.3 Å². The Bertz CT molecular complexity index is 688. The molecule has 0 saturated carbocycles. The van der Waals surface area contributed by atoms with Crippen LogP contribution in [-0.4, -0.2) is 46.9 Å². The Morgan fingerprint density at radius 3 is 2.96 bits per heavy atom. The van der Waals surface area contributed by atoms with Gasteiger partial charge < -0.3 is 4.90 Å². The van der Waals surface area contributed by atoms with Crippen molar-refractivity contribution in [2.24, 2.45) is 5.41 Å². The number of amides is 1. The first kappa shape index (κ1) is 15.8. The number of piperidine rings is 1. The zero-order chi connectivity index (χ0) is 16.4. The summed E-state index contributed by atoms with van der Waals surface area (Å²) < 4.78 is 0. The molecule has 0 bridgehead atoms. The summed E-state index contributed by atoms with van der Waals surface area (Å²) in [5.74, 6) is 0.217. The highest BCUT2D eigenvalue weighted by atomic mass is 32.1. The van der Waals surface area contributed by atoms with Crippen molar-refractivity contribution < 1.29 is 4.79 Å². The van der Waals surface area contributed by atoms with Crippen LogP contribution in [0.15, 0.2) is 42.0 Å². The fourth-order valence-corrected chi connectivity index (χ4v) is 4.87. The summed E-state index contributed by atoms with van der Waals surface area (Å²) >= 11 is 1.55. The van der Waals surface area contributed by atoms with Crippen molar-refractivity contribution in [2.75, 3.05) is 26.2 Å². The van der Waals surface area contributed by atoms with Gasteiger partial charge in [0.2, 0.25) is 0 Å². The quantitative estimate of drug-likeness (QED) is 0.860. The number of nitrogens with zero attached hydrogens (tertiary/aromatic N) is 3. The second kappa shape index (κ2) is 6.65. The molecule has 2 aliphatic rings. The highest BCUT2D eigenvalue weighted by Gasteiger charge is 2.42. The first-order valence-corrected chi connectivity index (χ1v) is 9.56. The van der Waals surface area contributed by atoms with Crippen LogP contribution in [0, 0.1) is 5.41 Å². The molecule has 0 unspecified atom stereocenters. The molecule has 2 saturated heterocycles. The van der Waals surface area contributed by atoms with Crippen molar-refractivity contribution >= 4 is 17.2 Å². The van der Waals surface area contributed by atoms with Crippen molar-refractivity contribution in [3.05, 3.63) is 52.5 Å². The fraction of sp³-hybridized carbons (Fsp3) is 0.474. The number of rotatable bonds is 3. The Morgan fingerprint density at radius 1 is 1.21 bits per heavy atom. The van der Waals surface area contributed by atoms with E-state index >= 15 is 0 Å². The minimum absolute atomic E-state index is 0.217. The molecule has 5 heteroatoms. The van der Waals surface area contributed by atoms with Gasteiger partial charge in [-0.3, -0.25) is 14.7 Å². The first-order chi connectivity index (χ1) is 11.7. The molecule has 2 fully saturated rings. The molecule has 0 radical (unpaired) electrons. The largest absolute Gasteiger partial charge is 0.337 e. The summed E-state index contributed by atoms with van der Waals surface area (Å²) in [7, 11) is 0. The number of hydrogen-bond donors (Lipinski definition) is 0. The van der Waals surface area contributed by atoms with Crippen molar-refractivity contribution in [3.8, 4) is 0 Å². The Morgan fingerprint density at radius 2 is 2.17 bits per heavy atom. The maximum absolute atomic E-state index is 12.7. The van der Waals surface area contributed by atoms with Crippen LogP contribution in [0.3, 0.4) is 0 Å². The van der Waals surface area contributed by atoms with Crippen LogP contribution in [0.5, 0.6) is 0 Å². The van der Waals surface area contributed by atoms with Gasteiger partial charge in [0, 0.05) is 44.0 Å². The molecule has 2 aromatic rings. The van der Waals surface area contributed by atoms with Crippen LogP contribution in [0.25, 0.3) is 0 Å². The van der Waals surface area contributed by atoms with Crippen molar-refractivity contribution in [1.29, 1.82) is 0 Å². The van der Waals surface area contributed by atoms with Gasteiger partial charge in [-0.2, -0.15) is 0 Å². The summed E-state index contributed by atoms with van der Waals surface area (Å²) in [6.45, 7) is 4.99. The lowest BCUT2D eigenvalue weighted by molar-refractivity contribution is 0.0531. The highest BCUT2D eigenvalue weighted by Crippen LogP contribution is 2.39. The predicted molar refractivity (Wildman–Crippen MR) is 96.0 cm³/mol. The molecule has 1 spiro atoms. The molecule has 126 valence electrons. The Hall–Kier alpha value is -1.72. The fourth-order valence-electron chi connectivity index (χ4n) is 4.18. The van der Waals surface area contributed by atoms with Crippen LogP contribution in [0.4, 0.5) is 0 Å². The molecule has 2 aromatic heterocycles. The van der Waals surface area contributed by atoms with Crippen molar-refractivity contribution in [3.63, 3.8) is 0 Å². The van der Waals surface area contributed by atoms with E-state index in [1.807, 2.05) is 36.0 Å². The van der Waals surface area contributed by atoms with Crippen LogP contribution in [-0.2, 0) is 6.54 Å². The molecular weight excluding hydrogens is 318 g/mol. The monoisotopic (exact) mass is 341 g/mol. The average Bonchev–Trinajstić information content (AvgIpc) is 3.26. The lowest BCUT2D eigenvalue weighted by Crippen LogP contribution is -2.47. The van der Waals surface area contributed by atoms with Gasteiger partial charge in [-0.05, 0) is 48.9 Å². The Kier molecular flexibility index (Phi) is 4.37. The van der Waals surface area contributed by atoms with E-state index in [0.717, 1.165) is 44.0 Å². The molecule has 0 N–H and O–H groups in total. The first-order valence-electron chi connectivity index (χ1n) is 8.68.